The molecule has 0 saturated heterocycles. The van der Waals surface area contributed by atoms with Crippen molar-refractivity contribution in [3.63, 3.8) is 0 Å². The molecule has 156 valence electrons. The summed E-state index contributed by atoms with van der Waals surface area (Å²) < 4.78 is 5.17. The molecule has 3 N–H and O–H groups in total. The van der Waals surface area contributed by atoms with Crippen molar-refractivity contribution in [3.05, 3.63) is 78.4 Å². The molecule has 0 spiro atoms. The number of rotatable bonds is 7. The Balaban J connectivity index is 1.35. The van der Waals surface area contributed by atoms with E-state index < -0.39 is 0 Å². The molecule has 0 aliphatic rings. The van der Waals surface area contributed by atoms with Gasteiger partial charge in [0.05, 0.1) is 23.9 Å². The molecule has 0 radical (unpaired) electrons. The topological polar surface area (TPSA) is 96.1 Å². The number of amides is 2. The van der Waals surface area contributed by atoms with Gasteiger partial charge in [-0.1, -0.05) is 36.0 Å². The third-order valence-corrected chi connectivity index (χ3v) is 5.32. The third-order valence-electron chi connectivity index (χ3n) is 4.44. The van der Waals surface area contributed by atoms with Crippen LogP contribution in [0.2, 0.25) is 0 Å². The summed E-state index contributed by atoms with van der Waals surface area (Å²) in [6.45, 7) is 0. The van der Waals surface area contributed by atoms with Crippen molar-refractivity contribution in [3.8, 4) is 5.75 Å². The fourth-order valence-electron chi connectivity index (χ4n) is 2.97. The Bertz CT molecular complexity index is 1210. The molecular formula is C23H20N4O3S. The summed E-state index contributed by atoms with van der Waals surface area (Å²) in [6, 6.07) is 21.6. The number of imidazole rings is 1. The standard InChI is InChI=1S/C23H20N4O3S/c1-30-18-9-5-8-17(13-18)25-22(29)15-6-4-7-16(12-15)24-21(28)14-31-23-26-19-10-2-3-11-20(19)27-23/h2-13H,14H2,1H3,(H,24,28)(H,25,29)(H,26,27). The summed E-state index contributed by atoms with van der Waals surface area (Å²) in [5.41, 5.74) is 3.40. The van der Waals surface area contributed by atoms with Crippen LogP contribution in [0.1, 0.15) is 10.4 Å². The average Bonchev–Trinajstić information content (AvgIpc) is 3.21. The molecule has 0 fully saturated rings. The third kappa shape index (κ3) is 5.23. The predicted octanol–water partition coefficient (Wildman–Crippen LogP) is 4.55. The number of methoxy groups -OCH3 is 1. The van der Waals surface area contributed by atoms with Crippen molar-refractivity contribution in [1.82, 2.24) is 9.97 Å². The zero-order valence-corrected chi connectivity index (χ0v) is 17.5. The van der Waals surface area contributed by atoms with Crippen LogP contribution in [-0.2, 0) is 4.79 Å². The molecule has 0 saturated carbocycles. The Hall–Kier alpha value is -3.78. The zero-order chi connectivity index (χ0) is 21.6. The Morgan fingerprint density at radius 2 is 1.74 bits per heavy atom. The minimum Gasteiger partial charge on any atom is -0.497 e. The quantitative estimate of drug-likeness (QED) is 0.372. The summed E-state index contributed by atoms with van der Waals surface area (Å²) in [6.07, 6.45) is 0. The first-order chi connectivity index (χ1) is 15.1. The normalized spacial score (nSPS) is 10.6. The highest BCUT2D eigenvalue weighted by molar-refractivity contribution is 7.99. The summed E-state index contributed by atoms with van der Waals surface area (Å²) in [5, 5.41) is 6.33. The highest BCUT2D eigenvalue weighted by Gasteiger charge is 2.10. The van der Waals surface area contributed by atoms with E-state index in [-0.39, 0.29) is 17.6 Å². The van der Waals surface area contributed by atoms with E-state index in [1.165, 1.54) is 11.8 Å². The lowest BCUT2D eigenvalue weighted by atomic mass is 10.2. The number of hydrogen-bond donors (Lipinski definition) is 3. The Labute approximate surface area is 183 Å². The number of aromatic amines is 1. The van der Waals surface area contributed by atoms with Crippen LogP contribution in [0.15, 0.2) is 78.0 Å². The number of hydrogen-bond acceptors (Lipinski definition) is 5. The number of fused-ring (bicyclic) bond motifs is 1. The first-order valence-corrected chi connectivity index (χ1v) is 10.5. The van der Waals surface area contributed by atoms with Crippen LogP contribution in [0.5, 0.6) is 5.75 Å². The zero-order valence-electron chi connectivity index (χ0n) is 16.7. The molecule has 1 aromatic heterocycles. The molecule has 0 aliphatic heterocycles. The number of anilines is 2. The molecule has 7 nitrogen and oxygen atoms in total. The molecule has 31 heavy (non-hydrogen) atoms. The van der Waals surface area contributed by atoms with Gasteiger partial charge >= 0.3 is 0 Å². The number of H-pyrrole nitrogens is 1. The van der Waals surface area contributed by atoms with Crippen LogP contribution in [-0.4, -0.2) is 34.6 Å². The molecular weight excluding hydrogens is 412 g/mol. The fourth-order valence-corrected chi connectivity index (χ4v) is 3.66. The van der Waals surface area contributed by atoms with Gasteiger partial charge in [0.15, 0.2) is 5.16 Å². The largest absolute Gasteiger partial charge is 0.497 e. The number of nitrogens with zero attached hydrogens (tertiary/aromatic N) is 1. The van der Waals surface area contributed by atoms with E-state index in [2.05, 4.69) is 20.6 Å². The highest BCUT2D eigenvalue weighted by atomic mass is 32.2. The fraction of sp³-hybridized carbons (Fsp3) is 0.0870. The number of thioether (sulfide) groups is 1. The second kappa shape index (κ2) is 9.36. The van der Waals surface area contributed by atoms with Crippen LogP contribution in [0.3, 0.4) is 0 Å². The number of aromatic nitrogens is 2. The van der Waals surface area contributed by atoms with E-state index in [9.17, 15) is 9.59 Å². The van der Waals surface area contributed by atoms with E-state index in [1.807, 2.05) is 24.3 Å². The Morgan fingerprint density at radius 1 is 0.968 bits per heavy atom. The van der Waals surface area contributed by atoms with Crippen molar-refractivity contribution in [2.75, 3.05) is 23.5 Å². The number of ether oxygens (including phenoxy) is 1. The van der Waals surface area contributed by atoms with Crippen LogP contribution >= 0.6 is 11.8 Å². The predicted molar refractivity (Wildman–Crippen MR) is 123 cm³/mol. The van der Waals surface area contributed by atoms with E-state index in [1.54, 1.807) is 55.6 Å². The minimum atomic E-state index is -0.277. The number of para-hydroxylation sites is 2. The van der Waals surface area contributed by atoms with Crippen LogP contribution in [0, 0.1) is 0 Å². The van der Waals surface area contributed by atoms with Crippen molar-refractivity contribution < 1.29 is 14.3 Å². The average molecular weight is 433 g/mol. The number of carbonyl (C=O) groups is 2. The first kappa shape index (κ1) is 20.5. The lowest BCUT2D eigenvalue weighted by Crippen LogP contribution is -2.16. The second-order valence-electron chi connectivity index (χ2n) is 6.66. The lowest BCUT2D eigenvalue weighted by molar-refractivity contribution is -0.113. The molecule has 4 aromatic rings. The van der Waals surface area contributed by atoms with Crippen molar-refractivity contribution in [2.45, 2.75) is 5.16 Å². The smallest absolute Gasteiger partial charge is 0.255 e. The molecule has 8 heteroatoms. The molecule has 2 amide bonds. The lowest BCUT2D eigenvalue weighted by Gasteiger charge is -2.09. The van der Waals surface area contributed by atoms with E-state index in [0.29, 0.717) is 27.8 Å². The van der Waals surface area contributed by atoms with E-state index >= 15 is 0 Å². The molecule has 0 unspecified atom stereocenters. The van der Waals surface area contributed by atoms with Gasteiger partial charge < -0.3 is 20.4 Å². The first-order valence-electron chi connectivity index (χ1n) is 9.53. The highest BCUT2D eigenvalue weighted by Crippen LogP contribution is 2.21. The Morgan fingerprint density at radius 3 is 2.55 bits per heavy atom. The van der Waals surface area contributed by atoms with Gasteiger partial charge in [-0.05, 0) is 42.5 Å². The maximum Gasteiger partial charge on any atom is 0.255 e. The number of carbonyl (C=O) groups excluding carboxylic acids is 2. The SMILES string of the molecule is COc1cccc(NC(=O)c2cccc(NC(=O)CSc3nc4ccccc4[nH]3)c2)c1. The molecule has 0 atom stereocenters. The van der Waals surface area contributed by atoms with Gasteiger partial charge in [-0.2, -0.15) is 0 Å². The van der Waals surface area contributed by atoms with E-state index in [0.717, 1.165) is 11.0 Å². The summed E-state index contributed by atoms with van der Waals surface area (Å²) in [5.74, 6) is 0.387. The van der Waals surface area contributed by atoms with Crippen LogP contribution < -0.4 is 15.4 Å². The Kier molecular flexibility index (Phi) is 6.18. The summed E-state index contributed by atoms with van der Waals surface area (Å²) >= 11 is 1.32. The van der Waals surface area contributed by atoms with E-state index in [4.69, 9.17) is 4.74 Å². The van der Waals surface area contributed by atoms with Crippen molar-refractivity contribution in [2.24, 2.45) is 0 Å². The number of nitrogens with one attached hydrogen (secondary N) is 3. The maximum absolute atomic E-state index is 12.6. The molecule has 4 rings (SSSR count). The van der Waals surface area contributed by atoms with Gasteiger partial charge in [0.25, 0.3) is 5.91 Å². The van der Waals surface area contributed by atoms with Gasteiger partial charge in [-0.3, -0.25) is 9.59 Å². The van der Waals surface area contributed by atoms with Crippen LogP contribution in [0.4, 0.5) is 11.4 Å². The summed E-state index contributed by atoms with van der Waals surface area (Å²) in [4.78, 5) is 32.5. The van der Waals surface area contributed by atoms with Gasteiger partial charge in [-0.25, -0.2) is 4.98 Å². The molecule has 3 aromatic carbocycles. The van der Waals surface area contributed by atoms with Crippen molar-refractivity contribution in [1.29, 1.82) is 0 Å². The van der Waals surface area contributed by atoms with Gasteiger partial charge in [-0.15, -0.1) is 0 Å². The molecule has 0 aliphatic carbocycles. The maximum atomic E-state index is 12.6. The minimum absolute atomic E-state index is 0.184. The molecule has 1 heterocycles. The molecule has 0 bridgehead atoms. The second-order valence-corrected chi connectivity index (χ2v) is 7.63. The van der Waals surface area contributed by atoms with Gasteiger partial charge in [0.1, 0.15) is 5.75 Å². The van der Waals surface area contributed by atoms with Gasteiger partial charge in [0, 0.05) is 23.0 Å². The van der Waals surface area contributed by atoms with Gasteiger partial charge in [0.2, 0.25) is 5.91 Å². The van der Waals surface area contributed by atoms with Crippen molar-refractivity contribution >= 4 is 46.0 Å². The number of benzene rings is 3. The monoisotopic (exact) mass is 432 g/mol. The van der Waals surface area contributed by atoms with Crippen LogP contribution in [0.25, 0.3) is 11.0 Å². The summed E-state index contributed by atoms with van der Waals surface area (Å²) in [7, 11) is 1.57.